The molecule has 0 aliphatic heterocycles. The molecule has 0 aliphatic rings. The summed E-state index contributed by atoms with van der Waals surface area (Å²) in [6, 6.07) is 10.8. The lowest BCUT2D eigenvalue weighted by molar-refractivity contribution is 0.102. The third-order valence-electron chi connectivity index (χ3n) is 2.51. The summed E-state index contributed by atoms with van der Waals surface area (Å²) in [6.45, 7) is 2.06. The zero-order valence-corrected chi connectivity index (χ0v) is 10.1. The quantitative estimate of drug-likeness (QED) is 0.861. The van der Waals surface area contributed by atoms with Crippen molar-refractivity contribution in [2.75, 3.05) is 11.1 Å². The normalized spacial score (nSPS) is 10.1. The number of aromatic nitrogens is 2. The molecule has 0 aliphatic carbocycles. The smallest absolute Gasteiger partial charge is 0.276 e. The van der Waals surface area contributed by atoms with Gasteiger partial charge in [0.15, 0.2) is 5.69 Å². The molecule has 0 atom stereocenters. The van der Waals surface area contributed by atoms with Crippen molar-refractivity contribution in [2.24, 2.45) is 0 Å². The summed E-state index contributed by atoms with van der Waals surface area (Å²) in [7, 11) is 0. The van der Waals surface area contributed by atoms with Gasteiger partial charge in [-0.3, -0.25) is 4.79 Å². The molecule has 0 radical (unpaired) electrons. The van der Waals surface area contributed by atoms with Gasteiger partial charge in [-0.15, -0.1) is 10.2 Å². The maximum Gasteiger partial charge on any atom is 0.276 e. The first-order chi connectivity index (χ1) is 8.69. The van der Waals surface area contributed by atoms with E-state index in [1.807, 2.05) is 24.3 Å². The highest BCUT2D eigenvalue weighted by Crippen LogP contribution is 2.12. The lowest BCUT2D eigenvalue weighted by Gasteiger charge is -2.05. The molecular weight excluding hydrogens is 228 g/mol. The number of rotatable bonds is 3. The predicted octanol–water partition coefficient (Wildman–Crippen LogP) is 1.87. The van der Waals surface area contributed by atoms with E-state index in [0.29, 0.717) is 5.82 Å². The standard InChI is InChI=1S/C13H14N4O/c1-2-9-4-3-5-10(8-9)15-13(18)11-6-7-12(14)17-16-11/h3-8H,2H2,1H3,(H2,14,17)(H,15,18). The predicted molar refractivity (Wildman–Crippen MR) is 70.2 cm³/mol. The summed E-state index contributed by atoms with van der Waals surface area (Å²) in [5.41, 5.74) is 7.56. The average Bonchev–Trinajstić information content (AvgIpc) is 2.39. The number of benzene rings is 1. The van der Waals surface area contributed by atoms with Crippen molar-refractivity contribution < 1.29 is 4.79 Å². The molecule has 2 rings (SSSR count). The molecule has 1 aromatic heterocycles. The van der Waals surface area contributed by atoms with Crippen molar-refractivity contribution in [1.29, 1.82) is 0 Å². The van der Waals surface area contributed by atoms with Crippen LogP contribution in [0.15, 0.2) is 36.4 Å². The van der Waals surface area contributed by atoms with Crippen molar-refractivity contribution in [3.8, 4) is 0 Å². The van der Waals surface area contributed by atoms with Crippen LogP contribution in [0, 0.1) is 0 Å². The third kappa shape index (κ3) is 2.82. The molecule has 2 aromatic rings. The van der Waals surface area contributed by atoms with Crippen LogP contribution in [0.5, 0.6) is 0 Å². The van der Waals surface area contributed by atoms with Crippen molar-refractivity contribution in [3.63, 3.8) is 0 Å². The number of hydrogen-bond donors (Lipinski definition) is 2. The summed E-state index contributed by atoms with van der Waals surface area (Å²) < 4.78 is 0. The highest BCUT2D eigenvalue weighted by atomic mass is 16.1. The van der Waals surface area contributed by atoms with E-state index in [1.165, 1.54) is 0 Å². The number of nitrogen functional groups attached to an aromatic ring is 1. The Hall–Kier alpha value is -2.43. The first-order valence-electron chi connectivity index (χ1n) is 5.68. The molecule has 18 heavy (non-hydrogen) atoms. The first kappa shape index (κ1) is 12.0. The molecule has 0 bridgehead atoms. The Kier molecular flexibility index (Phi) is 3.52. The molecule has 0 saturated heterocycles. The van der Waals surface area contributed by atoms with E-state index in [4.69, 9.17) is 5.73 Å². The molecule has 5 heteroatoms. The molecule has 1 heterocycles. The number of nitrogens with one attached hydrogen (secondary N) is 1. The van der Waals surface area contributed by atoms with Crippen LogP contribution in [0.2, 0.25) is 0 Å². The number of carbonyl (C=O) groups excluding carboxylic acids is 1. The molecule has 5 nitrogen and oxygen atoms in total. The van der Waals surface area contributed by atoms with Crippen molar-refractivity contribution in [1.82, 2.24) is 10.2 Å². The van der Waals surface area contributed by atoms with E-state index in [0.717, 1.165) is 17.7 Å². The van der Waals surface area contributed by atoms with E-state index in [-0.39, 0.29) is 11.6 Å². The summed E-state index contributed by atoms with van der Waals surface area (Å²) >= 11 is 0. The lowest BCUT2D eigenvalue weighted by atomic mass is 10.1. The fraction of sp³-hybridized carbons (Fsp3) is 0.154. The largest absolute Gasteiger partial charge is 0.382 e. The number of hydrogen-bond acceptors (Lipinski definition) is 4. The van der Waals surface area contributed by atoms with Gasteiger partial charge in [-0.05, 0) is 36.2 Å². The molecule has 0 spiro atoms. The van der Waals surface area contributed by atoms with Crippen LogP contribution in [0.4, 0.5) is 11.5 Å². The maximum absolute atomic E-state index is 11.9. The minimum absolute atomic E-state index is 0.242. The summed E-state index contributed by atoms with van der Waals surface area (Å²) in [5.74, 6) is -0.00437. The monoisotopic (exact) mass is 242 g/mol. The topological polar surface area (TPSA) is 80.9 Å². The van der Waals surface area contributed by atoms with Crippen LogP contribution >= 0.6 is 0 Å². The minimum Gasteiger partial charge on any atom is -0.382 e. The van der Waals surface area contributed by atoms with Gasteiger partial charge in [0.1, 0.15) is 5.82 Å². The second-order valence-corrected chi connectivity index (χ2v) is 3.85. The van der Waals surface area contributed by atoms with Crippen molar-refractivity contribution in [3.05, 3.63) is 47.7 Å². The van der Waals surface area contributed by atoms with Gasteiger partial charge in [0.05, 0.1) is 0 Å². The van der Waals surface area contributed by atoms with Crippen molar-refractivity contribution >= 4 is 17.4 Å². The number of nitrogens with zero attached hydrogens (tertiary/aromatic N) is 2. The molecular formula is C13H14N4O. The molecule has 0 unspecified atom stereocenters. The van der Waals surface area contributed by atoms with Gasteiger partial charge in [0, 0.05) is 5.69 Å². The van der Waals surface area contributed by atoms with E-state index in [1.54, 1.807) is 12.1 Å². The summed E-state index contributed by atoms with van der Waals surface area (Å²) in [5, 5.41) is 10.1. The van der Waals surface area contributed by atoms with Crippen molar-refractivity contribution in [2.45, 2.75) is 13.3 Å². The molecule has 3 N–H and O–H groups in total. The number of anilines is 2. The van der Waals surface area contributed by atoms with Crippen LogP contribution in [-0.4, -0.2) is 16.1 Å². The zero-order chi connectivity index (χ0) is 13.0. The molecule has 1 amide bonds. The van der Waals surface area contributed by atoms with E-state index < -0.39 is 0 Å². The van der Waals surface area contributed by atoms with Crippen LogP contribution in [0.25, 0.3) is 0 Å². The van der Waals surface area contributed by atoms with Gasteiger partial charge < -0.3 is 11.1 Å². The molecule has 92 valence electrons. The zero-order valence-electron chi connectivity index (χ0n) is 10.1. The van der Waals surface area contributed by atoms with Gasteiger partial charge in [-0.1, -0.05) is 19.1 Å². The van der Waals surface area contributed by atoms with E-state index in [2.05, 4.69) is 22.4 Å². The Morgan fingerprint density at radius 3 is 2.78 bits per heavy atom. The fourth-order valence-electron chi connectivity index (χ4n) is 1.53. The Morgan fingerprint density at radius 2 is 2.11 bits per heavy atom. The maximum atomic E-state index is 11.9. The SMILES string of the molecule is CCc1cccc(NC(=O)c2ccc(N)nn2)c1. The van der Waals surface area contributed by atoms with Crippen LogP contribution in [0.3, 0.4) is 0 Å². The summed E-state index contributed by atoms with van der Waals surface area (Å²) in [4.78, 5) is 11.9. The number of aryl methyl sites for hydroxylation is 1. The van der Waals surface area contributed by atoms with Gasteiger partial charge in [-0.25, -0.2) is 0 Å². The van der Waals surface area contributed by atoms with Gasteiger partial charge in [0.2, 0.25) is 0 Å². The Morgan fingerprint density at radius 1 is 1.28 bits per heavy atom. The minimum atomic E-state index is -0.296. The number of nitrogens with two attached hydrogens (primary N) is 1. The Bertz CT molecular complexity index is 551. The van der Waals surface area contributed by atoms with E-state index >= 15 is 0 Å². The first-order valence-corrected chi connectivity index (χ1v) is 5.68. The average molecular weight is 242 g/mol. The molecule has 1 aromatic carbocycles. The Labute approximate surface area is 105 Å². The number of carbonyl (C=O) groups is 1. The summed E-state index contributed by atoms with van der Waals surface area (Å²) in [6.07, 6.45) is 0.922. The van der Waals surface area contributed by atoms with Crippen LogP contribution in [-0.2, 0) is 6.42 Å². The van der Waals surface area contributed by atoms with Gasteiger partial charge >= 0.3 is 0 Å². The second kappa shape index (κ2) is 5.27. The molecule has 0 saturated carbocycles. The van der Waals surface area contributed by atoms with E-state index in [9.17, 15) is 4.79 Å². The van der Waals surface area contributed by atoms with Crippen LogP contribution < -0.4 is 11.1 Å². The number of amides is 1. The molecule has 0 fully saturated rings. The highest BCUT2D eigenvalue weighted by molar-refractivity contribution is 6.02. The van der Waals surface area contributed by atoms with Crippen LogP contribution in [0.1, 0.15) is 23.0 Å². The second-order valence-electron chi connectivity index (χ2n) is 3.85. The lowest BCUT2D eigenvalue weighted by Crippen LogP contribution is -2.14. The Balaban J connectivity index is 2.13. The third-order valence-corrected chi connectivity index (χ3v) is 2.51. The van der Waals surface area contributed by atoms with Gasteiger partial charge in [0.25, 0.3) is 5.91 Å². The van der Waals surface area contributed by atoms with Gasteiger partial charge in [-0.2, -0.15) is 0 Å². The fourth-order valence-corrected chi connectivity index (χ4v) is 1.53. The highest BCUT2D eigenvalue weighted by Gasteiger charge is 2.08.